The molecular weight excluding hydrogens is 100 g/mol. The molecule has 2 rings (SSSR count). The van der Waals surface area contributed by atoms with E-state index < -0.39 is 0 Å². The zero-order valence-corrected chi connectivity index (χ0v) is 5.11. The van der Waals surface area contributed by atoms with Crippen LogP contribution in [-0.2, 0) is 0 Å². The van der Waals surface area contributed by atoms with Crippen LogP contribution in [0.3, 0.4) is 0 Å². The number of piperazine rings is 1. The summed E-state index contributed by atoms with van der Waals surface area (Å²) in [6, 6.07) is 0. The molecule has 2 aliphatic rings. The first-order valence-electron chi connectivity index (χ1n) is 3.46. The average molecular weight is 113 g/mol. The minimum atomic E-state index is 0.693. The third kappa shape index (κ3) is 0.644. The first-order chi connectivity index (χ1) is 3.91. The molecule has 1 spiro atoms. The van der Waals surface area contributed by atoms with Gasteiger partial charge in [0.25, 0.3) is 0 Å². The van der Waals surface area contributed by atoms with Crippen molar-refractivity contribution in [3.63, 3.8) is 0 Å². The minimum Gasteiger partial charge on any atom is -0.339 e. The highest BCUT2D eigenvalue weighted by Gasteiger charge is 2.47. The van der Waals surface area contributed by atoms with Crippen molar-refractivity contribution in [2.75, 3.05) is 19.6 Å². The molecule has 0 amide bonds. The molecule has 0 bridgehead atoms. The lowest BCUT2D eigenvalue weighted by Gasteiger charge is -2.19. The maximum atomic E-state index is 3.41. The van der Waals surface area contributed by atoms with E-state index in [4.69, 9.17) is 0 Å². The second-order valence-electron chi connectivity index (χ2n) is 3.03. The predicted octanol–water partition coefficient (Wildman–Crippen LogP) is -1.31. The molecule has 46 valence electrons. The zero-order chi connectivity index (χ0) is 5.45. The van der Waals surface area contributed by atoms with Crippen LogP contribution in [0.2, 0.25) is 0 Å². The molecule has 0 aromatic heterocycles. The van der Waals surface area contributed by atoms with Crippen LogP contribution in [0, 0.1) is 0 Å². The number of hydrogen-bond acceptors (Lipinski definition) is 1. The molecule has 8 heavy (non-hydrogen) atoms. The van der Waals surface area contributed by atoms with Gasteiger partial charge in [-0.1, -0.05) is 0 Å². The molecule has 2 fully saturated rings. The maximum Gasteiger partial charge on any atom is 0.109 e. The van der Waals surface area contributed by atoms with Gasteiger partial charge in [-0.25, -0.2) is 0 Å². The molecule has 0 unspecified atom stereocenters. The van der Waals surface area contributed by atoms with Crippen LogP contribution in [0.5, 0.6) is 0 Å². The normalized spacial score (nSPS) is 33.0. The van der Waals surface area contributed by atoms with E-state index in [0.717, 1.165) is 0 Å². The van der Waals surface area contributed by atoms with E-state index in [-0.39, 0.29) is 0 Å². The third-order valence-corrected chi connectivity index (χ3v) is 2.27. The minimum absolute atomic E-state index is 0.693. The third-order valence-electron chi connectivity index (χ3n) is 2.27. The second-order valence-corrected chi connectivity index (χ2v) is 3.03. The van der Waals surface area contributed by atoms with Crippen LogP contribution in [-0.4, -0.2) is 25.2 Å². The standard InChI is InChI=1S/C6H12N2/c1-2-6(1)5-7-3-4-8-6/h7-8H,1-5H2/p+1. The lowest BCUT2D eigenvalue weighted by Crippen LogP contribution is -2.97. The van der Waals surface area contributed by atoms with Gasteiger partial charge in [-0.2, -0.15) is 0 Å². The SMILES string of the molecule is C1C[NH2+]C2(CC2)CN1. The van der Waals surface area contributed by atoms with Gasteiger partial charge in [0.15, 0.2) is 0 Å². The fraction of sp³-hybridized carbons (Fsp3) is 1.00. The maximum absolute atomic E-state index is 3.41. The van der Waals surface area contributed by atoms with E-state index in [0.29, 0.717) is 5.54 Å². The molecule has 0 radical (unpaired) electrons. The molecule has 0 atom stereocenters. The molecular formula is C6H13N2+. The number of quaternary nitrogens is 1. The van der Waals surface area contributed by atoms with E-state index in [9.17, 15) is 0 Å². The van der Waals surface area contributed by atoms with Gasteiger partial charge in [0.1, 0.15) is 5.54 Å². The van der Waals surface area contributed by atoms with Crippen molar-refractivity contribution < 1.29 is 5.32 Å². The van der Waals surface area contributed by atoms with E-state index in [1.165, 1.54) is 32.5 Å². The quantitative estimate of drug-likeness (QED) is 0.401. The first kappa shape index (κ1) is 4.77. The Kier molecular flexibility index (Phi) is 0.866. The molecule has 2 nitrogen and oxygen atoms in total. The van der Waals surface area contributed by atoms with Crippen molar-refractivity contribution in [1.29, 1.82) is 0 Å². The van der Waals surface area contributed by atoms with E-state index in [1.54, 1.807) is 0 Å². The number of nitrogens with two attached hydrogens (primary N) is 1. The van der Waals surface area contributed by atoms with Crippen molar-refractivity contribution in [1.82, 2.24) is 5.32 Å². The Hall–Kier alpha value is -0.0800. The second kappa shape index (κ2) is 1.45. The summed E-state index contributed by atoms with van der Waals surface area (Å²) in [5.74, 6) is 0. The summed E-state index contributed by atoms with van der Waals surface area (Å²) in [6.07, 6.45) is 2.89. The Morgan fingerprint density at radius 1 is 1.38 bits per heavy atom. The Bertz CT molecular complexity index is 88.7. The van der Waals surface area contributed by atoms with E-state index >= 15 is 0 Å². The summed E-state index contributed by atoms with van der Waals surface area (Å²) in [5.41, 5.74) is 0.693. The molecule has 2 heteroatoms. The summed E-state index contributed by atoms with van der Waals surface area (Å²) < 4.78 is 0. The zero-order valence-electron chi connectivity index (χ0n) is 5.11. The Labute approximate surface area is 49.7 Å². The molecule has 1 saturated carbocycles. The highest BCUT2D eigenvalue weighted by molar-refractivity contribution is 4.95. The number of hydrogen-bond donors (Lipinski definition) is 2. The monoisotopic (exact) mass is 113 g/mol. The van der Waals surface area contributed by atoms with Crippen LogP contribution < -0.4 is 10.6 Å². The van der Waals surface area contributed by atoms with Gasteiger partial charge in [-0.3, -0.25) is 0 Å². The van der Waals surface area contributed by atoms with Crippen molar-refractivity contribution in [3.8, 4) is 0 Å². The van der Waals surface area contributed by atoms with Crippen LogP contribution >= 0.6 is 0 Å². The predicted molar refractivity (Wildman–Crippen MR) is 31.6 cm³/mol. The fourth-order valence-electron chi connectivity index (χ4n) is 1.43. The van der Waals surface area contributed by atoms with Gasteiger partial charge < -0.3 is 10.6 Å². The van der Waals surface area contributed by atoms with Gasteiger partial charge in [-0.05, 0) is 0 Å². The smallest absolute Gasteiger partial charge is 0.109 e. The van der Waals surface area contributed by atoms with Crippen LogP contribution in [0.4, 0.5) is 0 Å². The van der Waals surface area contributed by atoms with Gasteiger partial charge >= 0.3 is 0 Å². The van der Waals surface area contributed by atoms with E-state index in [1.807, 2.05) is 0 Å². The summed E-state index contributed by atoms with van der Waals surface area (Å²) in [4.78, 5) is 0. The van der Waals surface area contributed by atoms with Gasteiger partial charge in [0.05, 0.1) is 13.1 Å². The lowest BCUT2D eigenvalue weighted by atomic mass is 10.2. The van der Waals surface area contributed by atoms with Gasteiger partial charge in [-0.15, -0.1) is 0 Å². The molecule has 1 heterocycles. The highest BCUT2D eigenvalue weighted by atomic mass is 15.1. The van der Waals surface area contributed by atoms with Crippen molar-refractivity contribution in [3.05, 3.63) is 0 Å². The molecule has 1 aliphatic carbocycles. The summed E-state index contributed by atoms with van der Waals surface area (Å²) >= 11 is 0. The Morgan fingerprint density at radius 2 is 2.25 bits per heavy atom. The molecule has 1 aliphatic heterocycles. The largest absolute Gasteiger partial charge is 0.339 e. The number of nitrogens with one attached hydrogen (secondary N) is 1. The molecule has 0 aromatic carbocycles. The molecule has 3 N–H and O–H groups in total. The topological polar surface area (TPSA) is 28.6 Å². The Morgan fingerprint density at radius 3 is 2.62 bits per heavy atom. The van der Waals surface area contributed by atoms with Crippen LogP contribution in [0.25, 0.3) is 0 Å². The molecule has 0 aromatic rings. The molecule has 1 saturated heterocycles. The number of rotatable bonds is 0. The van der Waals surface area contributed by atoms with Crippen LogP contribution in [0.15, 0.2) is 0 Å². The average Bonchev–Trinajstić information content (AvgIpc) is 2.52. The summed E-state index contributed by atoms with van der Waals surface area (Å²) in [5, 5.41) is 5.91. The fourth-order valence-corrected chi connectivity index (χ4v) is 1.43. The highest BCUT2D eigenvalue weighted by Crippen LogP contribution is 2.30. The van der Waals surface area contributed by atoms with E-state index in [2.05, 4.69) is 10.6 Å². The van der Waals surface area contributed by atoms with Crippen LogP contribution in [0.1, 0.15) is 12.8 Å². The summed E-state index contributed by atoms with van der Waals surface area (Å²) in [7, 11) is 0. The first-order valence-corrected chi connectivity index (χ1v) is 3.46. The lowest BCUT2D eigenvalue weighted by molar-refractivity contribution is -0.706. The van der Waals surface area contributed by atoms with Crippen molar-refractivity contribution in [2.24, 2.45) is 0 Å². The Balaban J connectivity index is 1.95. The van der Waals surface area contributed by atoms with Gasteiger partial charge in [0.2, 0.25) is 0 Å². The summed E-state index contributed by atoms with van der Waals surface area (Å²) in [6.45, 7) is 3.76. The van der Waals surface area contributed by atoms with Crippen molar-refractivity contribution in [2.45, 2.75) is 18.4 Å². The van der Waals surface area contributed by atoms with Crippen molar-refractivity contribution >= 4 is 0 Å². The van der Waals surface area contributed by atoms with Gasteiger partial charge in [0, 0.05) is 19.4 Å².